The van der Waals surface area contributed by atoms with Crippen molar-refractivity contribution in [2.75, 3.05) is 19.0 Å². The Morgan fingerprint density at radius 1 is 1.25 bits per heavy atom. The lowest BCUT2D eigenvalue weighted by atomic mass is 10.0. The first kappa shape index (κ1) is 15.0. The van der Waals surface area contributed by atoms with E-state index in [2.05, 4.69) is 45.5 Å². The summed E-state index contributed by atoms with van der Waals surface area (Å²) in [4.78, 5) is 12.0. The third-order valence-electron chi connectivity index (χ3n) is 3.10. The first-order valence-electron chi connectivity index (χ1n) is 6.55. The highest BCUT2D eigenvalue weighted by Crippen LogP contribution is 2.15. The first-order chi connectivity index (χ1) is 9.72. The van der Waals surface area contributed by atoms with Gasteiger partial charge in [-0.2, -0.15) is 0 Å². The summed E-state index contributed by atoms with van der Waals surface area (Å²) in [6, 6.07) is 14.3. The summed E-state index contributed by atoms with van der Waals surface area (Å²) >= 11 is 3.37. The van der Waals surface area contributed by atoms with Crippen molar-refractivity contribution >= 4 is 32.6 Å². The van der Waals surface area contributed by atoms with Crippen molar-refractivity contribution in [2.45, 2.75) is 12.5 Å². The number of carbonyl (C=O) groups excluding carboxylic acids is 1. The van der Waals surface area contributed by atoms with E-state index in [1.165, 1.54) is 5.39 Å². The van der Waals surface area contributed by atoms with Gasteiger partial charge in [0.25, 0.3) is 0 Å². The number of amides is 1. The first-order valence-corrected chi connectivity index (χ1v) is 7.67. The summed E-state index contributed by atoms with van der Waals surface area (Å²) in [7, 11) is 1.63. The van der Waals surface area contributed by atoms with Gasteiger partial charge in [-0.1, -0.05) is 58.4 Å². The van der Waals surface area contributed by atoms with Crippen molar-refractivity contribution < 1.29 is 9.53 Å². The zero-order valence-corrected chi connectivity index (χ0v) is 13.0. The van der Waals surface area contributed by atoms with Gasteiger partial charge >= 0.3 is 0 Å². The molecule has 0 saturated heterocycles. The van der Waals surface area contributed by atoms with Crippen LogP contribution in [0.3, 0.4) is 0 Å². The molecule has 2 aromatic rings. The Hall–Kier alpha value is -1.39. The fraction of sp³-hybridized carbons (Fsp3) is 0.312. The van der Waals surface area contributed by atoms with E-state index >= 15 is 0 Å². The van der Waals surface area contributed by atoms with E-state index in [1.807, 2.05) is 18.2 Å². The highest BCUT2D eigenvalue weighted by molar-refractivity contribution is 9.09. The van der Waals surface area contributed by atoms with Crippen LogP contribution in [0.5, 0.6) is 0 Å². The Bertz CT molecular complexity index is 585. The van der Waals surface area contributed by atoms with Crippen molar-refractivity contribution in [3.63, 3.8) is 0 Å². The molecule has 4 heteroatoms. The lowest BCUT2D eigenvalue weighted by Gasteiger charge is -2.15. The summed E-state index contributed by atoms with van der Waals surface area (Å²) in [6.07, 6.45) is 0.387. The maximum Gasteiger partial charge on any atom is 0.224 e. The number of benzene rings is 2. The summed E-state index contributed by atoms with van der Waals surface area (Å²) in [5, 5.41) is 5.99. The highest BCUT2D eigenvalue weighted by atomic mass is 79.9. The Kier molecular flexibility index (Phi) is 5.56. The summed E-state index contributed by atoms with van der Waals surface area (Å²) in [5.74, 6) is 0.0155. The van der Waals surface area contributed by atoms with Crippen molar-refractivity contribution in [2.24, 2.45) is 0 Å². The van der Waals surface area contributed by atoms with E-state index in [-0.39, 0.29) is 11.9 Å². The van der Waals surface area contributed by atoms with Crippen LogP contribution in [0, 0.1) is 0 Å². The number of fused-ring (bicyclic) bond motifs is 1. The maximum absolute atomic E-state index is 12.0. The molecule has 0 radical (unpaired) electrons. The van der Waals surface area contributed by atoms with Gasteiger partial charge in [0.1, 0.15) is 0 Å². The number of methoxy groups -OCH3 is 1. The quantitative estimate of drug-likeness (QED) is 0.824. The van der Waals surface area contributed by atoms with E-state index < -0.39 is 0 Å². The molecule has 1 N–H and O–H groups in total. The third kappa shape index (κ3) is 4.05. The van der Waals surface area contributed by atoms with Gasteiger partial charge in [0, 0.05) is 12.4 Å². The van der Waals surface area contributed by atoms with E-state index in [1.54, 1.807) is 7.11 Å². The molecule has 0 fully saturated rings. The van der Waals surface area contributed by atoms with Crippen LogP contribution in [0.1, 0.15) is 5.56 Å². The number of halogens is 1. The van der Waals surface area contributed by atoms with Crippen molar-refractivity contribution in [1.29, 1.82) is 0 Å². The van der Waals surface area contributed by atoms with E-state index in [0.717, 1.165) is 10.9 Å². The predicted octanol–water partition coefficient (Wildman–Crippen LogP) is 2.91. The number of hydrogen-bond acceptors (Lipinski definition) is 2. The molecule has 2 rings (SSSR count). The van der Waals surface area contributed by atoms with E-state index in [0.29, 0.717) is 18.4 Å². The molecule has 0 bridgehead atoms. The number of hydrogen-bond donors (Lipinski definition) is 1. The number of rotatable bonds is 6. The Labute approximate surface area is 127 Å². The number of ether oxygens (including phenoxy) is 1. The molecule has 0 heterocycles. The molecular weight excluding hydrogens is 318 g/mol. The molecule has 2 aromatic carbocycles. The fourth-order valence-corrected chi connectivity index (χ4v) is 2.49. The second-order valence-electron chi connectivity index (χ2n) is 4.73. The lowest BCUT2D eigenvalue weighted by Crippen LogP contribution is -2.40. The Morgan fingerprint density at radius 2 is 2.00 bits per heavy atom. The van der Waals surface area contributed by atoms with Crippen LogP contribution >= 0.6 is 15.9 Å². The molecule has 0 saturated carbocycles. The van der Waals surface area contributed by atoms with Gasteiger partial charge in [-0.15, -0.1) is 0 Å². The monoisotopic (exact) mass is 335 g/mol. The minimum Gasteiger partial charge on any atom is -0.383 e. The molecule has 0 aliphatic heterocycles. The van der Waals surface area contributed by atoms with Crippen molar-refractivity contribution in [3.8, 4) is 0 Å². The normalized spacial score (nSPS) is 12.3. The molecule has 1 atom stereocenters. The van der Waals surface area contributed by atoms with Crippen LogP contribution in [0.2, 0.25) is 0 Å². The smallest absolute Gasteiger partial charge is 0.224 e. The molecule has 0 aromatic heterocycles. The molecule has 3 nitrogen and oxygen atoms in total. The van der Waals surface area contributed by atoms with Crippen molar-refractivity contribution in [1.82, 2.24) is 5.32 Å². The highest BCUT2D eigenvalue weighted by Gasteiger charge is 2.11. The van der Waals surface area contributed by atoms with Gasteiger partial charge in [0.15, 0.2) is 0 Å². The van der Waals surface area contributed by atoms with Gasteiger partial charge in [-0.25, -0.2) is 0 Å². The standard InChI is InChI=1S/C16H18BrNO2/c1-20-11-15(10-17)18-16(19)9-12-6-7-13-4-2-3-5-14(13)8-12/h2-8,15H,9-11H2,1H3,(H,18,19). The van der Waals surface area contributed by atoms with E-state index in [4.69, 9.17) is 4.74 Å². The fourth-order valence-electron chi connectivity index (χ4n) is 2.14. The number of alkyl halides is 1. The summed E-state index contributed by atoms with van der Waals surface area (Å²) in [6.45, 7) is 0.509. The average molecular weight is 336 g/mol. The van der Waals surface area contributed by atoms with Crippen molar-refractivity contribution in [3.05, 3.63) is 48.0 Å². The minimum atomic E-state index is 0.00737. The molecule has 1 unspecified atom stereocenters. The molecular formula is C16H18BrNO2. The maximum atomic E-state index is 12.0. The van der Waals surface area contributed by atoms with Crippen LogP contribution in [0.4, 0.5) is 0 Å². The van der Waals surface area contributed by atoms with Gasteiger partial charge in [-0.3, -0.25) is 4.79 Å². The number of carbonyl (C=O) groups is 1. The minimum absolute atomic E-state index is 0.00737. The van der Waals surface area contributed by atoms with Crippen LogP contribution in [-0.4, -0.2) is 31.0 Å². The second kappa shape index (κ2) is 7.41. The van der Waals surface area contributed by atoms with Crippen LogP contribution in [-0.2, 0) is 16.0 Å². The third-order valence-corrected chi connectivity index (χ3v) is 3.88. The van der Waals surface area contributed by atoms with Gasteiger partial charge in [0.2, 0.25) is 5.91 Å². The molecule has 0 aliphatic carbocycles. The summed E-state index contributed by atoms with van der Waals surface area (Å²) in [5.41, 5.74) is 1.02. The Balaban J connectivity index is 2.02. The topological polar surface area (TPSA) is 38.3 Å². The zero-order valence-electron chi connectivity index (χ0n) is 11.4. The molecule has 20 heavy (non-hydrogen) atoms. The van der Waals surface area contributed by atoms with E-state index in [9.17, 15) is 4.79 Å². The largest absolute Gasteiger partial charge is 0.383 e. The predicted molar refractivity (Wildman–Crippen MR) is 85.3 cm³/mol. The zero-order chi connectivity index (χ0) is 14.4. The molecule has 0 spiro atoms. The molecule has 106 valence electrons. The van der Waals surface area contributed by atoms with Crippen LogP contribution < -0.4 is 5.32 Å². The molecule has 1 amide bonds. The lowest BCUT2D eigenvalue weighted by molar-refractivity contribution is -0.121. The van der Waals surface area contributed by atoms with Gasteiger partial charge < -0.3 is 10.1 Å². The second-order valence-corrected chi connectivity index (χ2v) is 5.38. The molecule has 0 aliphatic rings. The van der Waals surface area contributed by atoms with Gasteiger partial charge in [0.05, 0.1) is 19.1 Å². The van der Waals surface area contributed by atoms with Gasteiger partial charge in [-0.05, 0) is 16.3 Å². The van der Waals surface area contributed by atoms with Crippen LogP contribution in [0.15, 0.2) is 42.5 Å². The van der Waals surface area contributed by atoms with Crippen LogP contribution in [0.25, 0.3) is 10.8 Å². The number of nitrogens with one attached hydrogen (secondary N) is 1. The average Bonchev–Trinajstić information content (AvgIpc) is 2.46. The SMILES string of the molecule is COCC(CBr)NC(=O)Cc1ccc2ccccc2c1. The summed E-state index contributed by atoms with van der Waals surface area (Å²) < 4.78 is 5.06. The Morgan fingerprint density at radius 3 is 2.70 bits per heavy atom.